The number of benzene rings is 1. The number of rotatable bonds is 4. The summed E-state index contributed by atoms with van der Waals surface area (Å²) in [7, 11) is 0. The minimum absolute atomic E-state index is 0.200. The predicted octanol–water partition coefficient (Wildman–Crippen LogP) is 2.22. The van der Waals surface area contributed by atoms with Gasteiger partial charge in [0.15, 0.2) is 11.6 Å². The Morgan fingerprint density at radius 3 is 2.53 bits per heavy atom. The van der Waals surface area contributed by atoms with Gasteiger partial charge < -0.3 is 10.5 Å². The fourth-order valence-electron chi connectivity index (χ4n) is 2.39. The minimum Gasteiger partial charge on any atom is -0.379 e. The molecular formula is C13H17F2NO. The summed E-state index contributed by atoms with van der Waals surface area (Å²) < 4.78 is 31.5. The SMILES string of the molecule is CC(CCN)C1(c2ccc(F)c(F)c2)COC1. The van der Waals surface area contributed by atoms with E-state index in [1.807, 2.05) is 0 Å². The highest BCUT2D eigenvalue weighted by Gasteiger charge is 2.44. The molecule has 1 atom stereocenters. The van der Waals surface area contributed by atoms with E-state index in [2.05, 4.69) is 6.92 Å². The highest BCUT2D eigenvalue weighted by molar-refractivity contribution is 5.30. The fraction of sp³-hybridized carbons (Fsp3) is 0.538. The summed E-state index contributed by atoms with van der Waals surface area (Å²) >= 11 is 0. The number of halogens is 2. The summed E-state index contributed by atoms with van der Waals surface area (Å²) in [6.45, 7) is 3.78. The van der Waals surface area contributed by atoms with Gasteiger partial charge in [-0.15, -0.1) is 0 Å². The van der Waals surface area contributed by atoms with Gasteiger partial charge in [-0.05, 0) is 36.6 Å². The normalized spacial score (nSPS) is 19.8. The molecule has 1 aromatic carbocycles. The first-order valence-electron chi connectivity index (χ1n) is 5.83. The lowest BCUT2D eigenvalue weighted by molar-refractivity contribution is -0.0884. The van der Waals surface area contributed by atoms with Crippen LogP contribution in [0.3, 0.4) is 0 Å². The molecule has 1 saturated heterocycles. The molecule has 0 bridgehead atoms. The number of nitrogens with two attached hydrogens (primary N) is 1. The van der Waals surface area contributed by atoms with E-state index in [9.17, 15) is 8.78 Å². The summed E-state index contributed by atoms with van der Waals surface area (Å²) in [5, 5.41) is 0. The Morgan fingerprint density at radius 1 is 1.35 bits per heavy atom. The van der Waals surface area contributed by atoms with Crippen molar-refractivity contribution in [2.75, 3.05) is 19.8 Å². The fourth-order valence-corrected chi connectivity index (χ4v) is 2.39. The van der Waals surface area contributed by atoms with Crippen molar-refractivity contribution in [2.24, 2.45) is 11.7 Å². The third-order valence-corrected chi connectivity index (χ3v) is 3.76. The summed E-state index contributed by atoms with van der Waals surface area (Å²) in [4.78, 5) is 0. The van der Waals surface area contributed by atoms with Gasteiger partial charge in [-0.2, -0.15) is 0 Å². The van der Waals surface area contributed by atoms with Gasteiger partial charge in [0.1, 0.15) is 0 Å². The van der Waals surface area contributed by atoms with Crippen LogP contribution in [0.5, 0.6) is 0 Å². The monoisotopic (exact) mass is 241 g/mol. The van der Waals surface area contributed by atoms with Gasteiger partial charge in [-0.3, -0.25) is 0 Å². The Labute approximate surface area is 99.8 Å². The largest absolute Gasteiger partial charge is 0.379 e. The highest BCUT2D eigenvalue weighted by Crippen LogP contribution is 2.41. The van der Waals surface area contributed by atoms with Gasteiger partial charge in [0, 0.05) is 5.41 Å². The molecule has 0 spiro atoms. The van der Waals surface area contributed by atoms with Gasteiger partial charge in [-0.25, -0.2) is 8.78 Å². The van der Waals surface area contributed by atoms with E-state index in [0.29, 0.717) is 25.7 Å². The average Bonchev–Trinajstić information content (AvgIpc) is 2.22. The highest BCUT2D eigenvalue weighted by atomic mass is 19.2. The van der Waals surface area contributed by atoms with E-state index in [1.54, 1.807) is 6.07 Å². The molecule has 1 heterocycles. The van der Waals surface area contributed by atoms with Crippen molar-refractivity contribution >= 4 is 0 Å². The second kappa shape index (κ2) is 4.70. The predicted molar refractivity (Wildman–Crippen MR) is 61.7 cm³/mol. The molecule has 1 unspecified atom stereocenters. The Hall–Kier alpha value is -1.00. The molecule has 94 valence electrons. The van der Waals surface area contributed by atoms with E-state index < -0.39 is 11.6 Å². The number of ether oxygens (including phenoxy) is 1. The molecule has 1 aliphatic heterocycles. The molecular weight excluding hydrogens is 224 g/mol. The van der Waals surface area contributed by atoms with E-state index in [1.165, 1.54) is 12.1 Å². The van der Waals surface area contributed by atoms with Crippen molar-refractivity contribution < 1.29 is 13.5 Å². The molecule has 1 aromatic rings. The maximum absolute atomic E-state index is 13.3. The van der Waals surface area contributed by atoms with E-state index in [4.69, 9.17) is 10.5 Å². The zero-order valence-corrected chi connectivity index (χ0v) is 9.88. The smallest absolute Gasteiger partial charge is 0.159 e. The van der Waals surface area contributed by atoms with E-state index >= 15 is 0 Å². The first-order chi connectivity index (χ1) is 8.10. The molecule has 0 aromatic heterocycles. The molecule has 0 saturated carbocycles. The van der Waals surface area contributed by atoms with Crippen LogP contribution in [0.25, 0.3) is 0 Å². The molecule has 0 radical (unpaired) electrons. The Balaban J connectivity index is 2.31. The quantitative estimate of drug-likeness (QED) is 0.877. The topological polar surface area (TPSA) is 35.2 Å². The standard InChI is InChI=1S/C13H17F2NO/c1-9(4-5-16)13(7-17-8-13)10-2-3-11(14)12(15)6-10/h2-3,6,9H,4-5,7-8,16H2,1H3. The maximum Gasteiger partial charge on any atom is 0.159 e. The van der Waals surface area contributed by atoms with E-state index in [0.717, 1.165) is 12.0 Å². The van der Waals surface area contributed by atoms with Crippen LogP contribution in [0.1, 0.15) is 18.9 Å². The Kier molecular flexibility index (Phi) is 3.45. The molecule has 2 N–H and O–H groups in total. The molecule has 0 aliphatic carbocycles. The molecule has 1 aliphatic rings. The van der Waals surface area contributed by atoms with Crippen molar-refractivity contribution in [1.82, 2.24) is 0 Å². The van der Waals surface area contributed by atoms with Gasteiger partial charge in [0.2, 0.25) is 0 Å². The van der Waals surface area contributed by atoms with Crippen molar-refractivity contribution in [3.63, 3.8) is 0 Å². The van der Waals surface area contributed by atoms with Gasteiger partial charge in [0.25, 0.3) is 0 Å². The van der Waals surface area contributed by atoms with Crippen molar-refractivity contribution in [1.29, 1.82) is 0 Å². The van der Waals surface area contributed by atoms with Crippen LogP contribution in [0.2, 0.25) is 0 Å². The van der Waals surface area contributed by atoms with Crippen LogP contribution < -0.4 is 5.73 Å². The van der Waals surface area contributed by atoms with Crippen LogP contribution >= 0.6 is 0 Å². The second-order valence-electron chi connectivity index (χ2n) is 4.76. The van der Waals surface area contributed by atoms with Crippen LogP contribution in [-0.2, 0) is 10.2 Å². The van der Waals surface area contributed by atoms with Crippen molar-refractivity contribution in [3.8, 4) is 0 Å². The van der Waals surface area contributed by atoms with Gasteiger partial charge in [-0.1, -0.05) is 13.0 Å². The first kappa shape index (κ1) is 12.5. The molecule has 2 nitrogen and oxygen atoms in total. The Bertz CT molecular complexity index is 404. The van der Waals surface area contributed by atoms with Crippen molar-refractivity contribution in [3.05, 3.63) is 35.4 Å². The van der Waals surface area contributed by atoms with Crippen molar-refractivity contribution in [2.45, 2.75) is 18.8 Å². The zero-order valence-electron chi connectivity index (χ0n) is 9.88. The summed E-state index contributed by atoms with van der Waals surface area (Å²) in [5.41, 5.74) is 6.17. The maximum atomic E-state index is 13.3. The number of hydrogen-bond donors (Lipinski definition) is 1. The minimum atomic E-state index is -0.810. The van der Waals surface area contributed by atoms with Crippen LogP contribution in [-0.4, -0.2) is 19.8 Å². The average molecular weight is 241 g/mol. The van der Waals surface area contributed by atoms with Crippen LogP contribution in [0.15, 0.2) is 18.2 Å². The zero-order chi connectivity index (χ0) is 12.5. The summed E-state index contributed by atoms with van der Waals surface area (Å²) in [6, 6.07) is 4.11. The van der Waals surface area contributed by atoms with Crippen LogP contribution in [0.4, 0.5) is 8.78 Å². The molecule has 4 heteroatoms. The molecule has 1 fully saturated rings. The third kappa shape index (κ3) is 2.07. The third-order valence-electron chi connectivity index (χ3n) is 3.76. The summed E-state index contributed by atoms with van der Waals surface area (Å²) in [6.07, 6.45) is 0.850. The first-order valence-corrected chi connectivity index (χ1v) is 5.83. The molecule has 0 amide bonds. The number of hydrogen-bond acceptors (Lipinski definition) is 2. The molecule has 2 rings (SSSR count). The second-order valence-corrected chi connectivity index (χ2v) is 4.76. The lowest BCUT2D eigenvalue weighted by Crippen LogP contribution is -2.52. The Morgan fingerprint density at radius 2 is 2.06 bits per heavy atom. The van der Waals surface area contributed by atoms with E-state index in [-0.39, 0.29) is 5.41 Å². The van der Waals surface area contributed by atoms with Gasteiger partial charge in [0.05, 0.1) is 13.2 Å². The lowest BCUT2D eigenvalue weighted by atomic mass is 9.68. The lowest BCUT2D eigenvalue weighted by Gasteiger charge is -2.46. The van der Waals surface area contributed by atoms with Crippen LogP contribution in [0, 0.1) is 17.6 Å². The molecule has 17 heavy (non-hydrogen) atoms. The van der Waals surface area contributed by atoms with Gasteiger partial charge >= 0.3 is 0 Å². The summed E-state index contributed by atoms with van der Waals surface area (Å²) in [5.74, 6) is -1.31.